The maximum Gasteiger partial charge on any atom is 0.251 e. The van der Waals surface area contributed by atoms with Crippen molar-refractivity contribution in [2.24, 2.45) is 0 Å². The molecule has 29 heavy (non-hydrogen) atoms. The van der Waals surface area contributed by atoms with Gasteiger partial charge in [-0.15, -0.1) is 10.2 Å². The Morgan fingerprint density at radius 3 is 2.79 bits per heavy atom. The van der Waals surface area contributed by atoms with E-state index in [9.17, 15) is 4.79 Å². The van der Waals surface area contributed by atoms with Gasteiger partial charge in [0.25, 0.3) is 5.91 Å². The van der Waals surface area contributed by atoms with Gasteiger partial charge in [-0.1, -0.05) is 42.0 Å². The highest BCUT2D eigenvalue weighted by molar-refractivity contribution is 5.94. The second kappa shape index (κ2) is 8.14. The van der Waals surface area contributed by atoms with Gasteiger partial charge < -0.3 is 10.1 Å². The summed E-state index contributed by atoms with van der Waals surface area (Å²) >= 11 is 0. The second-order valence-electron chi connectivity index (χ2n) is 6.99. The topological polar surface area (TPSA) is 68.5 Å². The van der Waals surface area contributed by atoms with Crippen LogP contribution in [0.3, 0.4) is 0 Å². The lowest BCUT2D eigenvalue weighted by atomic mass is 10.1. The molecule has 0 aliphatic rings. The molecule has 1 N–H and O–H groups in total. The Labute approximate surface area is 169 Å². The van der Waals surface area contributed by atoms with E-state index in [1.165, 1.54) is 5.56 Å². The molecule has 1 amide bonds. The molecule has 4 rings (SSSR count). The van der Waals surface area contributed by atoms with Crippen molar-refractivity contribution in [3.8, 4) is 5.75 Å². The lowest BCUT2D eigenvalue weighted by molar-refractivity contribution is 0.0937. The monoisotopic (exact) mass is 386 g/mol. The molecule has 6 nitrogen and oxygen atoms in total. The minimum Gasteiger partial charge on any atom is -0.489 e. The molecule has 0 bridgehead atoms. The zero-order valence-corrected chi connectivity index (χ0v) is 16.4. The molecule has 0 radical (unpaired) electrons. The Morgan fingerprint density at radius 1 is 1.07 bits per heavy atom. The van der Waals surface area contributed by atoms with Crippen LogP contribution in [0.5, 0.6) is 5.75 Å². The number of benzene rings is 2. The summed E-state index contributed by atoms with van der Waals surface area (Å²) in [5.74, 6) is 1.15. The molecule has 2 heterocycles. The van der Waals surface area contributed by atoms with E-state index in [0.29, 0.717) is 23.7 Å². The van der Waals surface area contributed by atoms with Gasteiger partial charge in [0.1, 0.15) is 12.4 Å². The summed E-state index contributed by atoms with van der Waals surface area (Å²) in [5.41, 5.74) is 3.56. The number of ether oxygens (including phenoxy) is 1. The van der Waals surface area contributed by atoms with Gasteiger partial charge in [-0.3, -0.25) is 9.20 Å². The molecule has 4 aromatic rings. The molecule has 1 unspecified atom stereocenters. The smallest absolute Gasteiger partial charge is 0.251 e. The lowest BCUT2D eigenvalue weighted by Gasteiger charge is -2.13. The quantitative estimate of drug-likeness (QED) is 0.541. The number of hydrogen-bond donors (Lipinski definition) is 1. The first kappa shape index (κ1) is 18.7. The number of carbonyl (C=O) groups is 1. The molecule has 1 atom stereocenters. The maximum absolute atomic E-state index is 12.7. The fourth-order valence-corrected chi connectivity index (χ4v) is 3.20. The SMILES string of the molecule is Cc1cccc(COc2cccc(C(=O)NC(C)c3nnc4ccccn34)c2)c1. The van der Waals surface area contributed by atoms with E-state index >= 15 is 0 Å². The predicted octanol–water partition coefficient (Wildman–Crippen LogP) is 4.11. The number of hydrogen-bond acceptors (Lipinski definition) is 4. The van der Waals surface area contributed by atoms with Crippen molar-refractivity contribution < 1.29 is 9.53 Å². The minimum atomic E-state index is -0.295. The van der Waals surface area contributed by atoms with Gasteiger partial charge in [0.15, 0.2) is 11.5 Å². The molecule has 2 aromatic carbocycles. The fraction of sp³-hybridized carbons (Fsp3) is 0.174. The predicted molar refractivity (Wildman–Crippen MR) is 111 cm³/mol. The summed E-state index contributed by atoms with van der Waals surface area (Å²) in [7, 11) is 0. The molecule has 0 aliphatic heterocycles. The standard InChI is InChI=1S/C23H22N4O2/c1-16-7-5-8-18(13-16)15-29-20-10-6-9-19(14-20)23(28)24-17(2)22-26-25-21-11-3-4-12-27(21)22/h3-14,17H,15H2,1-2H3,(H,24,28). The van der Waals surface area contributed by atoms with Gasteiger partial charge in [0.05, 0.1) is 6.04 Å². The molecular formula is C23H22N4O2. The van der Waals surface area contributed by atoms with Gasteiger partial charge in [0, 0.05) is 11.8 Å². The fourth-order valence-electron chi connectivity index (χ4n) is 3.20. The van der Waals surface area contributed by atoms with Gasteiger partial charge in [-0.2, -0.15) is 0 Å². The van der Waals surface area contributed by atoms with Crippen LogP contribution in [0.1, 0.15) is 40.3 Å². The first-order valence-electron chi connectivity index (χ1n) is 9.49. The average Bonchev–Trinajstić information content (AvgIpc) is 3.17. The maximum atomic E-state index is 12.7. The number of aryl methyl sites for hydroxylation is 1. The molecule has 6 heteroatoms. The molecule has 0 spiro atoms. The van der Waals surface area contributed by atoms with Crippen LogP contribution >= 0.6 is 0 Å². The summed E-state index contributed by atoms with van der Waals surface area (Å²) in [4.78, 5) is 12.7. The Bertz CT molecular complexity index is 1150. The lowest BCUT2D eigenvalue weighted by Crippen LogP contribution is -2.28. The number of carbonyl (C=O) groups excluding carboxylic acids is 1. The minimum absolute atomic E-state index is 0.189. The molecule has 2 aromatic heterocycles. The number of nitrogens with zero attached hydrogens (tertiary/aromatic N) is 3. The third kappa shape index (κ3) is 4.27. The van der Waals surface area contributed by atoms with Crippen molar-refractivity contribution in [2.75, 3.05) is 0 Å². The van der Waals surface area contributed by atoms with Crippen molar-refractivity contribution in [1.82, 2.24) is 19.9 Å². The van der Waals surface area contributed by atoms with E-state index in [1.807, 2.05) is 73.0 Å². The molecule has 0 aliphatic carbocycles. The summed E-state index contributed by atoms with van der Waals surface area (Å²) in [6, 6.07) is 20.7. The van der Waals surface area contributed by atoms with E-state index in [4.69, 9.17) is 4.74 Å². The Balaban J connectivity index is 1.44. The summed E-state index contributed by atoms with van der Waals surface area (Å²) in [5, 5.41) is 11.3. The number of rotatable bonds is 6. The molecular weight excluding hydrogens is 364 g/mol. The van der Waals surface area contributed by atoms with Crippen LogP contribution in [0.2, 0.25) is 0 Å². The number of nitrogens with one attached hydrogen (secondary N) is 1. The Kier molecular flexibility index (Phi) is 5.24. The van der Waals surface area contributed by atoms with Crippen LogP contribution in [0.4, 0.5) is 0 Å². The van der Waals surface area contributed by atoms with E-state index in [1.54, 1.807) is 12.1 Å². The van der Waals surface area contributed by atoms with Crippen LogP contribution in [0.15, 0.2) is 72.9 Å². The van der Waals surface area contributed by atoms with Crippen LogP contribution in [0, 0.1) is 6.92 Å². The van der Waals surface area contributed by atoms with Gasteiger partial charge in [-0.25, -0.2) is 0 Å². The summed E-state index contributed by atoms with van der Waals surface area (Å²) in [6.07, 6.45) is 1.88. The average molecular weight is 386 g/mol. The normalized spacial score (nSPS) is 11.9. The third-order valence-corrected chi connectivity index (χ3v) is 4.66. The van der Waals surface area contributed by atoms with Gasteiger partial charge >= 0.3 is 0 Å². The summed E-state index contributed by atoms with van der Waals surface area (Å²) < 4.78 is 7.73. The number of pyridine rings is 1. The first-order valence-corrected chi connectivity index (χ1v) is 9.49. The highest BCUT2D eigenvalue weighted by Crippen LogP contribution is 2.17. The Hall–Kier alpha value is -3.67. The highest BCUT2D eigenvalue weighted by Gasteiger charge is 2.17. The first-order chi connectivity index (χ1) is 14.1. The van der Waals surface area contributed by atoms with Gasteiger partial charge in [0.2, 0.25) is 0 Å². The zero-order chi connectivity index (χ0) is 20.2. The van der Waals surface area contributed by atoms with Crippen LogP contribution in [-0.4, -0.2) is 20.5 Å². The highest BCUT2D eigenvalue weighted by atomic mass is 16.5. The zero-order valence-electron chi connectivity index (χ0n) is 16.4. The van der Waals surface area contributed by atoms with Crippen molar-refractivity contribution >= 4 is 11.6 Å². The number of aromatic nitrogens is 3. The van der Waals surface area contributed by atoms with E-state index in [2.05, 4.69) is 21.6 Å². The van der Waals surface area contributed by atoms with E-state index in [-0.39, 0.29) is 11.9 Å². The summed E-state index contributed by atoms with van der Waals surface area (Å²) in [6.45, 7) is 4.39. The molecule has 0 saturated carbocycles. The van der Waals surface area contributed by atoms with Crippen LogP contribution in [0.25, 0.3) is 5.65 Å². The molecule has 0 saturated heterocycles. The third-order valence-electron chi connectivity index (χ3n) is 4.66. The van der Waals surface area contributed by atoms with Crippen molar-refractivity contribution in [3.05, 3.63) is 95.4 Å². The van der Waals surface area contributed by atoms with E-state index in [0.717, 1.165) is 11.2 Å². The second-order valence-corrected chi connectivity index (χ2v) is 6.99. The van der Waals surface area contributed by atoms with E-state index < -0.39 is 0 Å². The number of amides is 1. The molecule has 0 fully saturated rings. The van der Waals surface area contributed by atoms with Crippen molar-refractivity contribution in [3.63, 3.8) is 0 Å². The molecule has 146 valence electrons. The van der Waals surface area contributed by atoms with Crippen LogP contribution < -0.4 is 10.1 Å². The van der Waals surface area contributed by atoms with Crippen LogP contribution in [-0.2, 0) is 6.61 Å². The number of fused-ring (bicyclic) bond motifs is 1. The van der Waals surface area contributed by atoms with Crippen molar-refractivity contribution in [1.29, 1.82) is 0 Å². The van der Waals surface area contributed by atoms with Gasteiger partial charge in [-0.05, 0) is 49.7 Å². The van der Waals surface area contributed by atoms with Crippen molar-refractivity contribution in [2.45, 2.75) is 26.5 Å². The Morgan fingerprint density at radius 2 is 1.93 bits per heavy atom. The largest absolute Gasteiger partial charge is 0.489 e.